The molecule has 1 heterocycles. The molecule has 0 bridgehead atoms. The molecule has 0 aromatic heterocycles. The van der Waals surface area contributed by atoms with Crippen molar-refractivity contribution in [3.05, 3.63) is 35.9 Å². The summed E-state index contributed by atoms with van der Waals surface area (Å²) in [4.78, 5) is 4.87. The Morgan fingerprint density at radius 2 is 1.67 bits per heavy atom. The van der Waals surface area contributed by atoms with E-state index in [9.17, 15) is 0 Å². The highest BCUT2D eigenvalue weighted by Crippen LogP contribution is 2.16. The number of nitrogens with zero attached hydrogens (tertiary/aromatic N) is 2. The first-order valence-corrected chi connectivity index (χ1v) is 6.90. The Balaban J connectivity index is 1.78. The van der Waals surface area contributed by atoms with Gasteiger partial charge in [-0.25, -0.2) is 0 Å². The van der Waals surface area contributed by atoms with Gasteiger partial charge in [-0.2, -0.15) is 0 Å². The van der Waals surface area contributed by atoms with Crippen molar-refractivity contribution in [3.8, 4) is 0 Å². The van der Waals surface area contributed by atoms with Gasteiger partial charge >= 0.3 is 0 Å². The monoisotopic (exact) mass is 248 g/mol. The van der Waals surface area contributed by atoms with E-state index in [1.54, 1.807) is 0 Å². The Hall–Kier alpha value is -0.900. The lowest BCUT2D eigenvalue weighted by Gasteiger charge is -2.35. The molecule has 1 aromatic carbocycles. The van der Waals surface area contributed by atoms with Crippen LogP contribution in [0.4, 0.5) is 0 Å². The van der Waals surface area contributed by atoms with Gasteiger partial charge in [0.15, 0.2) is 0 Å². The van der Waals surface area contributed by atoms with E-state index in [2.05, 4.69) is 47.1 Å². The highest BCUT2D eigenvalue weighted by molar-refractivity contribution is 5.19. The Labute approximate surface area is 110 Å². The zero-order valence-corrected chi connectivity index (χ0v) is 11.3. The molecule has 0 aliphatic carbocycles. The summed E-state index contributed by atoms with van der Waals surface area (Å²) in [6.07, 6.45) is 0. The smallest absolute Gasteiger partial charge is 0.0558 e. The maximum absolute atomic E-state index is 8.92. The fraction of sp³-hybridized carbons (Fsp3) is 0.600. The van der Waals surface area contributed by atoms with Crippen molar-refractivity contribution >= 4 is 0 Å². The third-order valence-corrected chi connectivity index (χ3v) is 3.78. The van der Waals surface area contributed by atoms with Gasteiger partial charge in [-0.15, -0.1) is 0 Å². The lowest BCUT2D eigenvalue weighted by molar-refractivity contribution is 0.109. The van der Waals surface area contributed by atoms with Gasteiger partial charge in [0.2, 0.25) is 0 Å². The standard InChI is InChI=1S/C15H24N2O/c1-14(15-5-3-2-4-6-15)13-17-9-7-16(8-10-17)11-12-18/h2-6,14,18H,7-13H2,1H3. The fourth-order valence-corrected chi connectivity index (χ4v) is 2.61. The highest BCUT2D eigenvalue weighted by Gasteiger charge is 2.18. The summed E-state index contributed by atoms with van der Waals surface area (Å²) in [5.41, 5.74) is 1.43. The predicted octanol–water partition coefficient (Wildman–Crippen LogP) is 1.40. The van der Waals surface area contributed by atoms with Crippen LogP contribution >= 0.6 is 0 Å². The molecule has 0 saturated carbocycles. The van der Waals surface area contributed by atoms with Gasteiger partial charge in [0.05, 0.1) is 6.61 Å². The number of hydrogen-bond acceptors (Lipinski definition) is 3. The molecule has 1 saturated heterocycles. The molecule has 1 fully saturated rings. The van der Waals surface area contributed by atoms with Crippen molar-refractivity contribution in [3.63, 3.8) is 0 Å². The summed E-state index contributed by atoms with van der Waals surface area (Å²) in [6.45, 7) is 8.95. The lowest BCUT2D eigenvalue weighted by Crippen LogP contribution is -2.47. The van der Waals surface area contributed by atoms with E-state index in [0.29, 0.717) is 5.92 Å². The third kappa shape index (κ3) is 3.80. The van der Waals surface area contributed by atoms with Crippen LogP contribution in [0.5, 0.6) is 0 Å². The van der Waals surface area contributed by atoms with Gasteiger partial charge in [-0.05, 0) is 11.5 Å². The minimum absolute atomic E-state index is 0.278. The maximum atomic E-state index is 8.92. The van der Waals surface area contributed by atoms with Gasteiger partial charge in [0.1, 0.15) is 0 Å². The summed E-state index contributed by atoms with van der Waals surface area (Å²) >= 11 is 0. The zero-order valence-electron chi connectivity index (χ0n) is 11.3. The number of aliphatic hydroxyl groups excluding tert-OH is 1. The molecule has 100 valence electrons. The van der Waals surface area contributed by atoms with E-state index in [4.69, 9.17) is 5.11 Å². The van der Waals surface area contributed by atoms with Gasteiger partial charge < -0.3 is 10.0 Å². The molecule has 18 heavy (non-hydrogen) atoms. The van der Waals surface area contributed by atoms with Crippen LogP contribution in [0.25, 0.3) is 0 Å². The first-order valence-electron chi connectivity index (χ1n) is 6.90. The van der Waals surface area contributed by atoms with E-state index in [1.807, 2.05) is 0 Å². The van der Waals surface area contributed by atoms with Crippen molar-refractivity contribution in [2.24, 2.45) is 0 Å². The van der Waals surface area contributed by atoms with Crippen LogP contribution in [0.15, 0.2) is 30.3 Å². The number of hydrogen-bond donors (Lipinski definition) is 1. The van der Waals surface area contributed by atoms with Crippen LogP contribution in [0.3, 0.4) is 0 Å². The van der Waals surface area contributed by atoms with E-state index < -0.39 is 0 Å². The summed E-state index contributed by atoms with van der Waals surface area (Å²) in [7, 11) is 0. The molecular weight excluding hydrogens is 224 g/mol. The number of benzene rings is 1. The van der Waals surface area contributed by atoms with E-state index in [1.165, 1.54) is 5.56 Å². The van der Waals surface area contributed by atoms with Crippen LogP contribution < -0.4 is 0 Å². The quantitative estimate of drug-likeness (QED) is 0.853. The zero-order chi connectivity index (χ0) is 12.8. The third-order valence-electron chi connectivity index (χ3n) is 3.78. The van der Waals surface area contributed by atoms with Crippen LogP contribution in [-0.4, -0.2) is 60.8 Å². The molecule has 1 atom stereocenters. The van der Waals surface area contributed by atoms with Crippen molar-refractivity contribution in [2.75, 3.05) is 45.9 Å². The minimum atomic E-state index is 0.278. The Morgan fingerprint density at radius 3 is 2.28 bits per heavy atom. The summed E-state index contributed by atoms with van der Waals surface area (Å²) in [5, 5.41) is 8.92. The normalized spacial score (nSPS) is 19.9. The van der Waals surface area contributed by atoms with E-state index >= 15 is 0 Å². The van der Waals surface area contributed by atoms with Crippen molar-refractivity contribution in [1.82, 2.24) is 9.80 Å². The second-order valence-electron chi connectivity index (χ2n) is 5.18. The first-order chi connectivity index (χ1) is 8.79. The number of rotatable bonds is 5. The fourth-order valence-electron chi connectivity index (χ4n) is 2.61. The van der Waals surface area contributed by atoms with Crippen LogP contribution in [0.2, 0.25) is 0 Å². The summed E-state index contributed by atoms with van der Waals surface area (Å²) < 4.78 is 0. The second-order valence-corrected chi connectivity index (χ2v) is 5.18. The van der Waals surface area contributed by atoms with E-state index in [0.717, 1.165) is 39.3 Å². The number of piperazine rings is 1. The molecule has 1 aliphatic rings. The molecule has 1 aliphatic heterocycles. The van der Waals surface area contributed by atoms with Crippen LogP contribution in [0, 0.1) is 0 Å². The van der Waals surface area contributed by atoms with Crippen LogP contribution in [0.1, 0.15) is 18.4 Å². The molecule has 0 amide bonds. The Bertz CT molecular complexity index is 334. The maximum Gasteiger partial charge on any atom is 0.0558 e. The average molecular weight is 248 g/mol. The molecule has 3 nitrogen and oxygen atoms in total. The van der Waals surface area contributed by atoms with E-state index in [-0.39, 0.29) is 6.61 Å². The first kappa shape index (κ1) is 13.5. The van der Waals surface area contributed by atoms with Gasteiger partial charge in [-0.1, -0.05) is 37.3 Å². The minimum Gasteiger partial charge on any atom is -0.395 e. The van der Waals surface area contributed by atoms with Crippen molar-refractivity contribution in [1.29, 1.82) is 0 Å². The molecule has 1 N–H and O–H groups in total. The number of aliphatic hydroxyl groups is 1. The SMILES string of the molecule is CC(CN1CCN(CCO)CC1)c1ccccc1. The lowest BCUT2D eigenvalue weighted by atomic mass is 10.0. The predicted molar refractivity (Wildman–Crippen MR) is 74.8 cm³/mol. The molecule has 1 aromatic rings. The molecule has 0 spiro atoms. The van der Waals surface area contributed by atoms with Gasteiger partial charge in [0.25, 0.3) is 0 Å². The summed E-state index contributed by atoms with van der Waals surface area (Å²) in [6, 6.07) is 10.7. The van der Waals surface area contributed by atoms with Gasteiger partial charge in [0, 0.05) is 39.3 Å². The Morgan fingerprint density at radius 1 is 1.06 bits per heavy atom. The average Bonchev–Trinajstić information content (AvgIpc) is 2.42. The topological polar surface area (TPSA) is 26.7 Å². The molecule has 1 unspecified atom stereocenters. The van der Waals surface area contributed by atoms with Gasteiger partial charge in [-0.3, -0.25) is 4.90 Å². The Kier molecular flexibility index (Phi) is 5.17. The van der Waals surface area contributed by atoms with Crippen molar-refractivity contribution < 1.29 is 5.11 Å². The number of β-amino-alcohol motifs (C(OH)–C–C–N with tert-alkyl or cyclic N) is 1. The largest absolute Gasteiger partial charge is 0.395 e. The van der Waals surface area contributed by atoms with Crippen LogP contribution in [-0.2, 0) is 0 Å². The molecule has 3 heteroatoms. The summed E-state index contributed by atoms with van der Waals surface area (Å²) in [5.74, 6) is 0.593. The highest BCUT2D eigenvalue weighted by atomic mass is 16.3. The molecular formula is C15H24N2O. The molecule has 2 rings (SSSR count). The molecule has 0 radical (unpaired) electrons. The van der Waals surface area contributed by atoms with Crippen molar-refractivity contribution in [2.45, 2.75) is 12.8 Å². The second kappa shape index (κ2) is 6.88.